The van der Waals surface area contributed by atoms with Crippen LogP contribution in [0, 0.1) is 0 Å². The van der Waals surface area contributed by atoms with Crippen molar-refractivity contribution in [3.05, 3.63) is 85.3 Å². The van der Waals surface area contributed by atoms with E-state index >= 15 is 0 Å². The van der Waals surface area contributed by atoms with Crippen molar-refractivity contribution in [3.8, 4) is 28.7 Å². The Morgan fingerprint density at radius 2 is 1.26 bits per heavy atom. The number of ether oxygens (including phenoxy) is 4. The average molecular weight is 598 g/mol. The minimum Gasteiger partial charge on any atom is -0.497 e. The molecule has 0 aliphatic carbocycles. The SMILES string of the molecule is COc1ccc(C(=O)c2[nH]c(Cl)c(Cl)c2-n2c(C(=O)c3ccc(OC)cc3OC)cc(Cl)c2Cl)c(OC)c1. The van der Waals surface area contributed by atoms with Crippen LogP contribution in [-0.4, -0.2) is 49.6 Å². The highest BCUT2D eigenvalue weighted by Gasteiger charge is 2.31. The van der Waals surface area contributed by atoms with Gasteiger partial charge in [0.1, 0.15) is 44.0 Å². The van der Waals surface area contributed by atoms with Crippen LogP contribution in [0.3, 0.4) is 0 Å². The summed E-state index contributed by atoms with van der Waals surface area (Å²) in [4.78, 5) is 30.3. The molecule has 0 amide bonds. The number of nitrogens with one attached hydrogen (secondary N) is 1. The molecule has 0 spiro atoms. The minimum absolute atomic E-state index is 0.0109. The number of carbonyl (C=O) groups excluding carboxylic acids is 2. The topological polar surface area (TPSA) is 91.8 Å². The van der Waals surface area contributed by atoms with Crippen LogP contribution in [0.1, 0.15) is 32.1 Å². The van der Waals surface area contributed by atoms with Crippen molar-refractivity contribution in [2.45, 2.75) is 0 Å². The van der Waals surface area contributed by atoms with Crippen molar-refractivity contribution in [2.24, 2.45) is 0 Å². The monoisotopic (exact) mass is 596 g/mol. The van der Waals surface area contributed by atoms with E-state index in [1.165, 1.54) is 45.1 Å². The summed E-state index contributed by atoms with van der Waals surface area (Å²) >= 11 is 25.8. The number of benzene rings is 2. The smallest absolute Gasteiger partial charge is 0.215 e. The van der Waals surface area contributed by atoms with Crippen LogP contribution in [0.2, 0.25) is 20.4 Å². The molecule has 198 valence electrons. The molecule has 0 aliphatic heterocycles. The minimum atomic E-state index is -0.533. The lowest BCUT2D eigenvalue weighted by atomic mass is 10.0. The lowest BCUT2D eigenvalue weighted by Gasteiger charge is -2.14. The summed E-state index contributed by atoms with van der Waals surface area (Å²) in [6.45, 7) is 0. The van der Waals surface area contributed by atoms with Crippen molar-refractivity contribution in [1.29, 1.82) is 0 Å². The average Bonchev–Trinajstić information content (AvgIpc) is 3.40. The second-order valence-electron chi connectivity index (χ2n) is 7.77. The number of rotatable bonds is 9. The van der Waals surface area contributed by atoms with E-state index in [9.17, 15) is 9.59 Å². The standard InChI is InChI=1S/C26H20Cl4N2O6/c1-35-12-5-7-14(18(9-12)37-3)23(33)17-11-16(27)26(30)32(17)22-20(28)25(29)31-21(22)24(34)15-8-6-13(36-2)10-19(15)38-4/h5-11,31H,1-4H3. The first-order valence-corrected chi connectivity index (χ1v) is 12.3. The summed E-state index contributed by atoms with van der Waals surface area (Å²) in [5.74, 6) is 0.445. The van der Waals surface area contributed by atoms with Gasteiger partial charge in [-0.15, -0.1) is 0 Å². The molecular weight excluding hydrogens is 578 g/mol. The summed E-state index contributed by atoms with van der Waals surface area (Å²) in [5.41, 5.74) is 0.378. The van der Waals surface area contributed by atoms with Gasteiger partial charge in [0.2, 0.25) is 11.6 Å². The van der Waals surface area contributed by atoms with E-state index in [0.717, 1.165) is 0 Å². The zero-order valence-corrected chi connectivity index (χ0v) is 23.5. The zero-order valence-electron chi connectivity index (χ0n) is 20.5. The maximum absolute atomic E-state index is 13.8. The number of hydrogen-bond acceptors (Lipinski definition) is 6. The molecule has 2 aromatic heterocycles. The maximum Gasteiger partial charge on any atom is 0.215 e. The molecule has 2 heterocycles. The number of carbonyl (C=O) groups is 2. The van der Waals surface area contributed by atoms with Gasteiger partial charge >= 0.3 is 0 Å². The van der Waals surface area contributed by atoms with E-state index in [1.54, 1.807) is 30.3 Å². The first-order valence-electron chi connectivity index (χ1n) is 10.8. The van der Waals surface area contributed by atoms with E-state index < -0.39 is 11.6 Å². The number of aromatic amines is 1. The third-order valence-electron chi connectivity index (χ3n) is 5.76. The molecule has 1 N–H and O–H groups in total. The summed E-state index contributed by atoms with van der Waals surface area (Å²) in [6.07, 6.45) is 0. The van der Waals surface area contributed by atoms with Crippen molar-refractivity contribution >= 4 is 58.0 Å². The molecule has 0 atom stereocenters. The number of H-pyrrole nitrogens is 1. The molecule has 0 radical (unpaired) electrons. The quantitative estimate of drug-likeness (QED) is 0.211. The molecule has 2 aromatic carbocycles. The fourth-order valence-electron chi connectivity index (χ4n) is 3.90. The number of nitrogens with zero attached hydrogens (tertiary/aromatic N) is 1. The Bertz CT molecular complexity index is 1440. The molecule has 12 heteroatoms. The Morgan fingerprint density at radius 1 is 0.737 bits per heavy atom. The number of aromatic nitrogens is 2. The van der Waals surface area contributed by atoms with Gasteiger partial charge in [-0.2, -0.15) is 0 Å². The Balaban J connectivity index is 1.92. The fraction of sp³-hybridized carbons (Fsp3) is 0.154. The van der Waals surface area contributed by atoms with E-state index in [4.69, 9.17) is 65.4 Å². The fourth-order valence-corrected chi connectivity index (χ4v) is 4.73. The van der Waals surface area contributed by atoms with Crippen LogP contribution in [0.15, 0.2) is 42.5 Å². The van der Waals surface area contributed by atoms with Crippen LogP contribution in [0.25, 0.3) is 5.69 Å². The van der Waals surface area contributed by atoms with Gasteiger partial charge in [0.05, 0.1) is 56.0 Å². The third kappa shape index (κ3) is 4.80. The van der Waals surface area contributed by atoms with E-state index in [1.807, 2.05) is 0 Å². The Hall–Kier alpha value is -3.30. The van der Waals surface area contributed by atoms with Crippen LogP contribution >= 0.6 is 46.4 Å². The molecule has 4 rings (SSSR count). The lowest BCUT2D eigenvalue weighted by Crippen LogP contribution is -2.14. The van der Waals surface area contributed by atoms with Gasteiger partial charge in [0.25, 0.3) is 0 Å². The summed E-state index contributed by atoms with van der Waals surface area (Å²) in [5, 5.41) is -0.0988. The molecule has 38 heavy (non-hydrogen) atoms. The summed E-state index contributed by atoms with van der Waals surface area (Å²) in [6, 6.07) is 10.8. The summed E-state index contributed by atoms with van der Waals surface area (Å²) in [7, 11) is 5.83. The first kappa shape index (κ1) is 27.7. The van der Waals surface area contributed by atoms with Crippen LogP contribution in [-0.2, 0) is 0 Å². The molecule has 8 nitrogen and oxygen atoms in total. The van der Waals surface area contributed by atoms with Gasteiger partial charge in [0.15, 0.2) is 0 Å². The second-order valence-corrected chi connectivity index (χ2v) is 9.29. The van der Waals surface area contributed by atoms with Crippen LogP contribution in [0.4, 0.5) is 0 Å². The van der Waals surface area contributed by atoms with Gasteiger partial charge in [-0.3, -0.25) is 14.2 Å². The van der Waals surface area contributed by atoms with Crippen molar-refractivity contribution in [2.75, 3.05) is 28.4 Å². The highest BCUT2D eigenvalue weighted by molar-refractivity contribution is 6.45. The second kappa shape index (κ2) is 11.2. The predicted octanol–water partition coefficient (Wildman–Crippen LogP) is 6.92. The molecule has 0 fully saturated rings. The van der Waals surface area contributed by atoms with Crippen molar-refractivity contribution in [3.63, 3.8) is 0 Å². The molecule has 4 aromatic rings. The third-order valence-corrected chi connectivity index (χ3v) is 7.27. The molecule has 0 aliphatic rings. The normalized spacial score (nSPS) is 10.8. The van der Waals surface area contributed by atoms with Gasteiger partial charge in [-0.25, -0.2) is 0 Å². The first-order chi connectivity index (χ1) is 18.2. The predicted molar refractivity (Wildman–Crippen MR) is 146 cm³/mol. The van der Waals surface area contributed by atoms with Gasteiger partial charge in [0, 0.05) is 12.1 Å². The van der Waals surface area contributed by atoms with Crippen LogP contribution < -0.4 is 18.9 Å². The number of ketones is 2. The molecule has 0 bridgehead atoms. The van der Waals surface area contributed by atoms with E-state index in [-0.39, 0.29) is 60.1 Å². The zero-order chi connectivity index (χ0) is 27.7. The van der Waals surface area contributed by atoms with Gasteiger partial charge in [-0.1, -0.05) is 46.4 Å². The molecule has 0 saturated heterocycles. The summed E-state index contributed by atoms with van der Waals surface area (Å²) < 4.78 is 22.5. The number of halogens is 4. The maximum atomic E-state index is 13.8. The molecule has 0 unspecified atom stereocenters. The van der Waals surface area contributed by atoms with Crippen LogP contribution in [0.5, 0.6) is 23.0 Å². The highest BCUT2D eigenvalue weighted by atomic mass is 35.5. The molecular formula is C26H20Cl4N2O6. The Labute approximate surface area is 237 Å². The van der Waals surface area contributed by atoms with Crippen molar-refractivity contribution < 1.29 is 28.5 Å². The number of methoxy groups -OCH3 is 4. The largest absolute Gasteiger partial charge is 0.497 e. The van der Waals surface area contributed by atoms with Gasteiger partial charge in [-0.05, 0) is 30.3 Å². The Kier molecular flexibility index (Phi) is 8.18. The highest BCUT2D eigenvalue weighted by Crippen LogP contribution is 2.41. The Morgan fingerprint density at radius 3 is 1.76 bits per heavy atom. The lowest BCUT2D eigenvalue weighted by molar-refractivity contribution is 0.101. The molecule has 0 saturated carbocycles. The van der Waals surface area contributed by atoms with E-state index in [2.05, 4.69) is 4.98 Å². The van der Waals surface area contributed by atoms with Gasteiger partial charge < -0.3 is 23.9 Å². The van der Waals surface area contributed by atoms with E-state index in [0.29, 0.717) is 11.5 Å². The number of hydrogen-bond donors (Lipinski definition) is 1. The van der Waals surface area contributed by atoms with Crippen molar-refractivity contribution in [1.82, 2.24) is 9.55 Å².